The maximum Gasteiger partial charge on any atom is 0.327 e. The number of hydrogen-bond donors (Lipinski definition) is 2. The van der Waals surface area contributed by atoms with Gasteiger partial charge in [0.2, 0.25) is 11.8 Å². The molecule has 2 aromatic rings. The second kappa shape index (κ2) is 8.85. The summed E-state index contributed by atoms with van der Waals surface area (Å²) >= 11 is 5.89. The molecule has 0 radical (unpaired) electrons. The van der Waals surface area contributed by atoms with E-state index in [1.807, 2.05) is 30.3 Å². The molecule has 30 heavy (non-hydrogen) atoms. The summed E-state index contributed by atoms with van der Waals surface area (Å²) < 4.78 is 0. The summed E-state index contributed by atoms with van der Waals surface area (Å²) in [5.74, 6) is -0.549. The van der Waals surface area contributed by atoms with E-state index in [0.29, 0.717) is 23.7 Å². The van der Waals surface area contributed by atoms with Crippen molar-refractivity contribution < 1.29 is 14.4 Å². The molecular formula is C22H23ClN4O3. The normalized spacial score (nSPS) is 21.4. The molecule has 4 amide bonds. The van der Waals surface area contributed by atoms with Crippen LogP contribution in [0.4, 0.5) is 10.5 Å². The van der Waals surface area contributed by atoms with Gasteiger partial charge in [-0.2, -0.15) is 0 Å². The van der Waals surface area contributed by atoms with E-state index >= 15 is 0 Å². The number of anilines is 1. The number of benzene rings is 2. The highest BCUT2D eigenvalue weighted by atomic mass is 35.5. The molecule has 0 aliphatic carbocycles. The number of carbonyl (C=O) groups excluding carboxylic acids is 3. The van der Waals surface area contributed by atoms with Gasteiger partial charge in [0, 0.05) is 10.7 Å². The second-order valence-electron chi connectivity index (χ2n) is 7.52. The Bertz CT molecular complexity index is 935. The van der Waals surface area contributed by atoms with Gasteiger partial charge < -0.3 is 15.5 Å². The van der Waals surface area contributed by atoms with E-state index in [1.165, 1.54) is 9.80 Å². The zero-order chi connectivity index (χ0) is 21.1. The third-order valence-electron chi connectivity index (χ3n) is 5.46. The third-order valence-corrected chi connectivity index (χ3v) is 5.71. The lowest BCUT2D eigenvalue weighted by atomic mass is 9.93. The fraction of sp³-hybridized carbons (Fsp3) is 0.318. The van der Waals surface area contributed by atoms with Gasteiger partial charge >= 0.3 is 6.03 Å². The molecule has 4 rings (SSSR count). The van der Waals surface area contributed by atoms with Gasteiger partial charge in [0.25, 0.3) is 0 Å². The summed E-state index contributed by atoms with van der Waals surface area (Å²) in [6, 6.07) is 14.9. The van der Waals surface area contributed by atoms with Crippen molar-refractivity contribution in [3.63, 3.8) is 0 Å². The molecule has 2 heterocycles. The number of amides is 4. The Hall–Kier alpha value is -2.90. The van der Waals surface area contributed by atoms with E-state index in [1.54, 1.807) is 24.3 Å². The Morgan fingerprint density at radius 3 is 2.57 bits per heavy atom. The van der Waals surface area contributed by atoms with Crippen LogP contribution >= 0.6 is 11.6 Å². The number of imide groups is 1. The Morgan fingerprint density at radius 1 is 1.10 bits per heavy atom. The van der Waals surface area contributed by atoms with Gasteiger partial charge in [-0.15, -0.1) is 0 Å². The number of nitrogens with zero attached hydrogens (tertiary/aromatic N) is 2. The summed E-state index contributed by atoms with van der Waals surface area (Å²) in [7, 11) is 0. The molecule has 2 aromatic carbocycles. The van der Waals surface area contributed by atoms with E-state index in [0.717, 1.165) is 12.0 Å². The maximum atomic E-state index is 13.2. The number of fused-ring (bicyclic) bond motifs is 1. The van der Waals surface area contributed by atoms with Crippen molar-refractivity contribution in [2.45, 2.75) is 31.5 Å². The zero-order valence-corrected chi connectivity index (χ0v) is 17.1. The van der Waals surface area contributed by atoms with Gasteiger partial charge in [-0.1, -0.05) is 41.9 Å². The molecule has 2 aliphatic rings. The van der Waals surface area contributed by atoms with Crippen LogP contribution in [0.25, 0.3) is 0 Å². The monoisotopic (exact) mass is 426 g/mol. The Labute approximate surface area is 180 Å². The summed E-state index contributed by atoms with van der Waals surface area (Å²) in [6.45, 7) is 0.771. The molecule has 0 saturated carbocycles. The van der Waals surface area contributed by atoms with Gasteiger partial charge in [0.05, 0.1) is 12.6 Å². The molecule has 2 saturated heterocycles. The topological polar surface area (TPSA) is 81.8 Å². The average molecular weight is 427 g/mol. The molecule has 0 spiro atoms. The number of piperidine rings is 1. The van der Waals surface area contributed by atoms with Crippen LogP contribution in [0.5, 0.6) is 0 Å². The number of halogens is 1. The second-order valence-corrected chi connectivity index (χ2v) is 7.95. The molecule has 2 aliphatic heterocycles. The van der Waals surface area contributed by atoms with E-state index in [9.17, 15) is 14.4 Å². The lowest BCUT2D eigenvalue weighted by Crippen LogP contribution is -2.70. The number of carbonyl (C=O) groups is 3. The lowest BCUT2D eigenvalue weighted by Gasteiger charge is -2.46. The van der Waals surface area contributed by atoms with Crippen LogP contribution in [0, 0.1) is 0 Å². The first-order chi connectivity index (χ1) is 14.5. The number of urea groups is 1. The van der Waals surface area contributed by atoms with Crippen LogP contribution in [0.3, 0.4) is 0 Å². The molecule has 0 aromatic heterocycles. The molecule has 8 heteroatoms. The summed E-state index contributed by atoms with van der Waals surface area (Å²) in [5, 5.41) is 6.60. The van der Waals surface area contributed by atoms with Crippen LogP contribution in [0.1, 0.15) is 18.4 Å². The molecule has 0 bridgehead atoms. The van der Waals surface area contributed by atoms with Crippen LogP contribution in [0.15, 0.2) is 54.6 Å². The first kappa shape index (κ1) is 20.4. The minimum Gasteiger partial charge on any atom is -0.325 e. The number of hydrogen-bond acceptors (Lipinski definition) is 4. The van der Waals surface area contributed by atoms with Gasteiger partial charge in [-0.05, 0) is 49.2 Å². The van der Waals surface area contributed by atoms with Crippen molar-refractivity contribution in [2.24, 2.45) is 0 Å². The van der Waals surface area contributed by atoms with Gasteiger partial charge in [-0.3, -0.25) is 14.5 Å². The number of nitrogens with one attached hydrogen (secondary N) is 2. The first-order valence-electron chi connectivity index (χ1n) is 9.97. The predicted molar refractivity (Wildman–Crippen MR) is 114 cm³/mol. The molecular weight excluding hydrogens is 404 g/mol. The highest BCUT2D eigenvalue weighted by molar-refractivity contribution is 6.30. The van der Waals surface area contributed by atoms with Crippen LogP contribution in [-0.4, -0.2) is 52.8 Å². The Balaban J connectivity index is 1.53. The van der Waals surface area contributed by atoms with Crippen molar-refractivity contribution in [3.8, 4) is 0 Å². The Morgan fingerprint density at radius 2 is 1.83 bits per heavy atom. The quantitative estimate of drug-likeness (QED) is 0.770. The van der Waals surface area contributed by atoms with Gasteiger partial charge in [0.15, 0.2) is 0 Å². The highest BCUT2D eigenvalue weighted by Gasteiger charge is 2.47. The average Bonchev–Trinajstić information content (AvgIpc) is 2.76. The van der Waals surface area contributed by atoms with Crippen molar-refractivity contribution >= 4 is 35.1 Å². The van der Waals surface area contributed by atoms with Crippen LogP contribution in [0.2, 0.25) is 5.02 Å². The van der Waals surface area contributed by atoms with Crippen molar-refractivity contribution in [1.82, 2.24) is 15.1 Å². The smallest absolute Gasteiger partial charge is 0.325 e. The van der Waals surface area contributed by atoms with Gasteiger partial charge in [0.1, 0.15) is 12.6 Å². The molecule has 7 nitrogen and oxygen atoms in total. The van der Waals surface area contributed by atoms with E-state index in [2.05, 4.69) is 10.6 Å². The third kappa shape index (κ3) is 4.32. The summed E-state index contributed by atoms with van der Waals surface area (Å²) in [5.41, 5.74) is 1.46. The maximum absolute atomic E-state index is 13.2. The van der Waals surface area contributed by atoms with E-state index < -0.39 is 12.1 Å². The first-order valence-corrected chi connectivity index (χ1v) is 10.4. The van der Waals surface area contributed by atoms with Crippen molar-refractivity contribution in [2.75, 3.05) is 18.4 Å². The highest BCUT2D eigenvalue weighted by Crippen LogP contribution is 2.26. The molecule has 2 unspecified atom stereocenters. The number of rotatable bonds is 5. The summed E-state index contributed by atoms with van der Waals surface area (Å²) in [4.78, 5) is 41.7. The minimum absolute atomic E-state index is 0.122. The van der Waals surface area contributed by atoms with Crippen LogP contribution in [-0.2, 0) is 16.1 Å². The zero-order valence-electron chi connectivity index (χ0n) is 16.4. The Kier molecular flexibility index (Phi) is 6.01. The van der Waals surface area contributed by atoms with Crippen molar-refractivity contribution in [3.05, 3.63) is 65.2 Å². The van der Waals surface area contributed by atoms with Crippen LogP contribution < -0.4 is 10.6 Å². The van der Waals surface area contributed by atoms with E-state index in [-0.39, 0.29) is 30.9 Å². The largest absolute Gasteiger partial charge is 0.327 e. The van der Waals surface area contributed by atoms with Gasteiger partial charge in [-0.25, -0.2) is 4.79 Å². The molecule has 2 fully saturated rings. The predicted octanol–water partition coefficient (Wildman–Crippen LogP) is 2.86. The fourth-order valence-electron chi connectivity index (χ4n) is 4.00. The minimum atomic E-state index is -0.497. The van der Waals surface area contributed by atoms with E-state index in [4.69, 9.17) is 11.6 Å². The molecule has 2 N–H and O–H groups in total. The molecule has 2 atom stereocenters. The SMILES string of the molecule is O=C(CN1C(=O)N(Cc2ccccc2)C(=O)C2NCCCC21)Nc1ccc(Cl)cc1. The fourth-order valence-corrected chi connectivity index (χ4v) is 4.13. The lowest BCUT2D eigenvalue weighted by molar-refractivity contribution is -0.138. The van der Waals surface area contributed by atoms with Crippen molar-refractivity contribution in [1.29, 1.82) is 0 Å². The molecule has 156 valence electrons. The summed E-state index contributed by atoms with van der Waals surface area (Å²) in [6.07, 6.45) is 1.53. The standard InChI is InChI=1S/C22H23ClN4O3/c23-16-8-10-17(11-9-16)25-19(28)14-26-18-7-4-12-24-20(18)21(29)27(22(26)30)13-15-5-2-1-3-6-15/h1-3,5-6,8-11,18,20,24H,4,7,12-14H2,(H,25,28).